The molecule has 2 nitrogen and oxygen atoms in total. The summed E-state index contributed by atoms with van der Waals surface area (Å²) in [7, 11) is 0. The Bertz CT molecular complexity index is 247. The van der Waals surface area contributed by atoms with E-state index in [9.17, 15) is 0 Å². The standard InChI is InChI=1S/C9H16N2S/c1-7-11-6-8(12-7)4-5-9(2,3)10/h6H,4-5,10H2,1-3H3. The molecular formula is C9H16N2S. The average Bonchev–Trinajstić information content (AvgIpc) is 2.30. The fourth-order valence-electron chi connectivity index (χ4n) is 0.966. The molecule has 2 N–H and O–H groups in total. The topological polar surface area (TPSA) is 38.9 Å². The first-order chi connectivity index (χ1) is 5.47. The molecule has 68 valence electrons. The number of aryl methyl sites for hydroxylation is 2. The van der Waals surface area contributed by atoms with E-state index in [-0.39, 0.29) is 5.54 Å². The first kappa shape index (κ1) is 9.68. The molecule has 1 aromatic heterocycles. The third kappa shape index (κ3) is 3.32. The zero-order valence-corrected chi connectivity index (χ0v) is 8.74. The monoisotopic (exact) mass is 184 g/mol. The van der Waals surface area contributed by atoms with Crippen molar-refractivity contribution < 1.29 is 0 Å². The van der Waals surface area contributed by atoms with Crippen LogP contribution in [0.15, 0.2) is 6.20 Å². The Hall–Kier alpha value is -0.410. The fourth-order valence-corrected chi connectivity index (χ4v) is 1.76. The van der Waals surface area contributed by atoms with Crippen molar-refractivity contribution in [1.29, 1.82) is 0 Å². The lowest BCUT2D eigenvalue weighted by Crippen LogP contribution is -2.32. The highest BCUT2D eigenvalue weighted by Crippen LogP contribution is 2.16. The third-order valence-corrected chi connectivity index (χ3v) is 2.66. The van der Waals surface area contributed by atoms with Crippen LogP contribution in [0.4, 0.5) is 0 Å². The van der Waals surface area contributed by atoms with Crippen molar-refractivity contribution in [1.82, 2.24) is 4.98 Å². The molecule has 12 heavy (non-hydrogen) atoms. The van der Waals surface area contributed by atoms with E-state index in [1.165, 1.54) is 4.88 Å². The van der Waals surface area contributed by atoms with E-state index >= 15 is 0 Å². The molecule has 0 atom stereocenters. The van der Waals surface area contributed by atoms with Crippen LogP contribution in [0.25, 0.3) is 0 Å². The van der Waals surface area contributed by atoms with Crippen molar-refractivity contribution in [3.05, 3.63) is 16.1 Å². The van der Waals surface area contributed by atoms with Crippen LogP contribution in [0.5, 0.6) is 0 Å². The second-order valence-electron chi connectivity index (χ2n) is 3.83. The van der Waals surface area contributed by atoms with Gasteiger partial charge in [-0.25, -0.2) is 4.98 Å². The summed E-state index contributed by atoms with van der Waals surface area (Å²) in [5, 5.41) is 1.14. The van der Waals surface area contributed by atoms with Crippen LogP contribution in [-0.4, -0.2) is 10.5 Å². The van der Waals surface area contributed by atoms with Gasteiger partial charge in [0.1, 0.15) is 0 Å². The molecule has 0 radical (unpaired) electrons. The number of rotatable bonds is 3. The van der Waals surface area contributed by atoms with E-state index in [4.69, 9.17) is 5.73 Å². The lowest BCUT2D eigenvalue weighted by atomic mass is 10.00. The van der Waals surface area contributed by atoms with Crippen LogP contribution < -0.4 is 5.73 Å². The van der Waals surface area contributed by atoms with Gasteiger partial charge in [0.25, 0.3) is 0 Å². The summed E-state index contributed by atoms with van der Waals surface area (Å²) in [4.78, 5) is 5.53. The minimum absolute atomic E-state index is 0.0576. The number of aromatic nitrogens is 1. The molecule has 1 aromatic rings. The molecule has 0 spiro atoms. The maximum atomic E-state index is 5.87. The van der Waals surface area contributed by atoms with Crippen molar-refractivity contribution in [2.75, 3.05) is 0 Å². The van der Waals surface area contributed by atoms with Gasteiger partial charge < -0.3 is 5.73 Å². The van der Waals surface area contributed by atoms with E-state index in [1.54, 1.807) is 11.3 Å². The lowest BCUT2D eigenvalue weighted by Gasteiger charge is -2.16. The van der Waals surface area contributed by atoms with E-state index in [0.717, 1.165) is 17.8 Å². The van der Waals surface area contributed by atoms with Crippen LogP contribution in [-0.2, 0) is 6.42 Å². The SMILES string of the molecule is Cc1ncc(CCC(C)(C)N)s1. The third-order valence-electron chi connectivity index (χ3n) is 1.68. The van der Waals surface area contributed by atoms with Crippen LogP contribution >= 0.6 is 11.3 Å². The number of nitrogens with zero attached hydrogens (tertiary/aromatic N) is 1. The Morgan fingerprint density at radius 3 is 2.67 bits per heavy atom. The predicted molar refractivity (Wildman–Crippen MR) is 53.4 cm³/mol. The number of hydrogen-bond donors (Lipinski definition) is 1. The molecule has 1 rings (SSSR count). The molecule has 0 unspecified atom stereocenters. The van der Waals surface area contributed by atoms with Crippen LogP contribution in [0, 0.1) is 6.92 Å². The summed E-state index contributed by atoms with van der Waals surface area (Å²) in [5.41, 5.74) is 5.82. The molecule has 0 bridgehead atoms. The second kappa shape index (κ2) is 3.54. The minimum Gasteiger partial charge on any atom is -0.326 e. The average molecular weight is 184 g/mol. The molecule has 3 heteroatoms. The quantitative estimate of drug-likeness (QED) is 0.781. The smallest absolute Gasteiger partial charge is 0.0896 e. The van der Waals surface area contributed by atoms with Gasteiger partial charge in [-0.2, -0.15) is 0 Å². The van der Waals surface area contributed by atoms with E-state index in [1.807, 2.05) is 13.1 Å². The van der Waals surface area contributed by atoms with E-state index < -0.39 is 0 Å². The lowest BCUT2D eigenvalue weighted by molar-refractivity contribution is 0.478. The van der Waals surface area contributed by atoms with Crippen LogP contribution in [0.2, 0.25) is 0 Å². The molecule has 0 saturated carbocycles. The van der Waals surface area contributed by atoms with Gasteiger partial charge >= 0.3 is 0 Å². The van der Waals surface area contributed by atoms with Gasteiger partial charge in [-0.3, -0.25) is 0 Å². The normalized spacial score (nSPS) is 12.0. The van der Waals surface area contributed by atoms with Crippen LogP contribution in [0.3, 0.4) is 0 Å². The van der Waals surface area contributed by atoms with Crippen molar-refractivity contribution in [2.45, 2.75) is 39.2 Å². The van der Waals surface area contributed by atoms with Crippen molar-refractivity contribution in [3.63, 3.8) is 0 Å². The minimum atomic E-state index is -0.0576. The van der Waals surface area contributed by atoms with Gasteiger partial charge in [0.15, 0.2) is 0 Å². The molecule has 0 aliphatic rings. The molecular weight excluding hydrogens is 168 g/mol. The Morgan fingerprint density at radius 1 is 1.58 bits per heavy atom. The molecule has 0 saturated heterocycles. The highest BCUT2D eigenvalue weighted by atomic mass is 32.1. The summed E-state index contributed by atoms with van der Waals surface area (Å²) in [6, 6.07) is 0. The molecule has 0 aliphatic heterocycles. The van der Waals surface area contributed by atoms with Crippen molar-refractivity contribution >= 4 is 11.3 Å². The van der Waals surface area contributed by atoms with Gasteiger partial charge in [0.2, 0.25) is 0 Å². The maximum absolute atomic E-state index is 5.87. The molecule has 0 aliphatic carbocycles. The first-order valence-electron chi connectivity index (χ1n) is 4.17. The molecule has 1 heterocycles. The summed E-state index contributed by atoms with van der Waals surface area (Å²) >= 11 is 1.76. The number of hydrogen-bond acceptors (Lipinski definition) is 3. The van der Waals surface area contributed by atoms with Gasteiger partial charge in [0.05, 0.1) is 5.01 Å². The summed E-state index contributed by atoms with van der Waals surface area (Å²) in [6.45, 7) is 6.14. The zero-order valence-electron chi connectivity index (χ0n) is 7.92. The van der Waals surface area contributed by atoms with Crippen LogP contribution in [0.1, 0.15) is 30.2 Å². The second-order valence-corrected chi connectivity index (χ2v) is 5.15. The highest BCUT2D eigenvalue weighted by Gasteiger charge is 2.10. The number of thiazole rings is 1. The molecule has 0 fully saturated rings. The largest absolute Gasteiger partial charge is 0.326 e. The maximum Gasteiger partial charge on any atom is 0.0896 e. The first-order valence-corrected chi connectivity index (χ1v) is 4.99. The van der Waals surface area contributed by atoms with Gasteiger partial charge in [-0.05, 0) is 33.6 Å². The summed E-state index contributed by atoms with van der Waals surface area (Å²) < 4.78 is 0. The van der Waals surface area contributed by atoms with Gasteiger partial charge in [0, 0.05) is 16.6 Å². The van der Waals surface area contributed by atoms with Gasteiger partial charge in [-0.1, -0.05) is 0 Å². The van der Waals surface area contributed by atoms with E-state index in [2.05, 4.69) is 18.8 Å². The molecule has 0 amide bonds. The zero-order chi connectivity index (χ0) is 9.19. The molecule has 0 aromatic carbocycles. The number of nitrogens with two attached hydrogens (primary N) is 1. The van der Waals surface area contributed by atoms with Crippen molar-refractivity contribution in [3.8, 4) is 0 Å². The Balaban J connectivity index is 2.44. The van der Waals surface area contributed by atoms with Crippen molar-refractivity contribution in [2.24, 2.45) is 5.73 Å². The summed E-state index contributed by atoms with van der Waals surface area (Å²) in [5.74, 6) is 0. The fraction of sp³-hybridized carbons (Fsp3) is 0.667. The Kier molecular flexibility index (Phi) is 2.85. The predicted octanol–water partition coefficient (Wildman–Crippen LogP) is 2.12. The van der Waals surface area contributed by atoms with Gasteiger partial charge in [-0.15, -0.1) is 11.3 Å². The highest BCUT2D eigenvalue weighted by molar-refractivity contribution is 7.11. The Labute approximate surface area is 77.8 Å². The van der Waals surface area contributed by atoms with E-state index in [0.29, 0.717) is 0 Å². The summed E-state index contributed by atoms with van der Waals surface area (Å²) in [6.07, 6.45) is 4.02. The Morgan fingerprint density at radius 2 is 2.25 bits per heavy atom.